The Hall–Kier alpha value is -0.950. The van der Waals surface area contributed by atoms with Gasteiger partial charge in [0.2, 0.25) is 10.0 Å². The molecule has 0 N–H and O–H groups in total. The number of likely N-dealkylation sites (N-methyl/N-ethyl adjacent to an activating group) is 1. The number of hydrogen-bond donors (Lipinski definition) is 0. The van der Waals surface area contributed by atoms with Gasteiger partial charge in [-0.2, -0.15) is 4.31 Å². The number of nitrogens with zero attached hydrogens (tertiary/aromatic N) is 2. The van der Waals surface area contributed by atoms with E-state index in [1.54, 1.807) is 4.31 Å². The van der Waals surface area contributed by atoms with E-state index in [1.807, 2.05) is 30.3 Å². The van der Waals surface area contributed by atoms with Gasteiger partial charge in [-0.1, -0.05) is 30.3 Å². The minimum Gasteiger partial charge on any atom is -0.379 e. The van der Waals surface area contributed by atoms with Crippen LogP contribution in [0, 0.1) is 5.92 Å². The normalized spacial score (nSPS) is 28.2. The second kappa shape index (κ2) is 6.04. The molecule has 3 rings (SSSR count). The molecular weight excluding hydrogens is 288 g/mol. The summed E-state index contributed by atoms with van der Waals surface area (Å²) >= 11 is 0. The van der Waals surface area contributed by atoms with Crippen LogP contribution in [0.4, 0.5) is 0 Å². The molecule has 5 nitrogen and oxygen atoms in total. The predicted molar refractivity (Wildman–Crippen MR) is 81.4 cm³/mol. The highest BCUT2D eigenvalue weighted by Gasteiger charge is 2.36. The summed E-state index contributed by atoms with van der Waals surface area (Å²) in [5, 5.41) is 0. The van der Waals surface area contributed by atoms with Gasteiger partial charge in [-0.05, 0) is 12.6 Å². The number of sulfonamides is 1. The summed E-state index contributed by atoms with van der Waals surface area (Å²) in [6, 6.07) is 9.55. The topological polar surface area (TPSA) is 49.9 Å². The molecule has 6 heteroatoms. The van der Waals surface area contributed by atoms with E-state index in [4.69, 9.17) is 4.74 Å². The van der Waals surface area contributed by atoms with E-state index in [0.717, 1.165) is 12.1 Å². The van der Waals surface area contributed by atoms with Crippen LogP contribution in [0.3, 0.4) is 0 Å². The third-order valence-corrected chi connectivity index (χ3v) is 6.08. The van der Waals surface area contributed by atoms with Crippen molar-refractivity contribution in [2.75, 3.05) is 39.9 Å². The number of ether oxygens (including phenoxy) is 1. The Morgan fingerprint density at radius 2 is 1.90 bits per heavy atom. The van der Waals surface area contributed by atoms with E-state index in [-0.39, 0.29) is 17.7 Å². The average Bonchev–Trinajstić information content (AvgIpc) is 2.68. The fourth-order valence-electron chi connectivity index (χ4n) is 3.11. The summed E-state index contributed by atoms with van der Waals surface area (Å²) < 4.78 is 32.7. The van der Waals surface area contributed by atoms with Crippen LogP contribution >= 0.6 is 0 Å². The Labute approximate surface area is 126 Å². The van der Waals surface area contributed by atoms with Crippen LogP contribution < -0.4 is 0 Å². The fraction of sp³-hybridized carbons (Fsp3) is 0.600. The van der Waals surface area contributed by atoms with Gasteiger partial charge in [-0.25, -0.2) is 8.42 Å². The highest BCUT2D eigenvalue weighted by molar-refractivity contribution is 7.88. The van der Waals surface area contributed by atoms with Crippen molar-refractivity contribution in [3.05, 3.63) is 35.9 Å². The standard InChI is InChI=1S/C15H22N2O3S/c1-16-7-14-8-17(9-15(16)11-20-10-14)21(18,19)12-13-5-3-2-4-6-13/h2-6,14-15H,7-12H2,1H3/t14-,15+/m1/s1. The molecule has 21 heavy (non-hydrogen) atoms. The van der Waals surface area contributed by atoms with Crippen LogP contribution in [0.5, 0.6) is 0 Å². The molecule has 1 aromatic carbocycles. The number of rotatable bonds is 3. The first-order valence-electron chi connectivity index (χ1n) is 7.34. The first kappa shape index (κ1) is 15.0. The van der Waals surface area contributed by atoms with Crippen LogP contribution in [0.2, 0.25) is 0 Å². The zero-order valence-electron chi connectivity index (χ0n) is 12.3. The lowest BCUT2D eigenvalue weighted by Crippen LogP contribution is -2.45. The highest BCUT2D eigenvalue weighted by atomic mass is 32.2. The second-order valence-corrected chi connectivity index (χ2v) is 8.02. The van der Waals surface area contributed by atoms with Crippen molar-refractivity contribution < 1.29 is 13.2 Å². The maximum atomic E-state index is 12.7. The van der Waals surface area contributed by atoms with Crippen LogP contribution in [0.25, 0.3) is 0 Å². The molecule has 0 aromatic heterocycles. The maximum Gasteiger partial charge on any atom is 0.218 e. The first-order chi connectivity index (χ1) is 10.0. The number of hydrogen-bond acceptors (Lipinski definition) is 4. The third kappa shape index (κ3) is 3.45. The van der Waals surface area contributed by atoms with Gasteiger partial charge in [0.05, 0.1) is 19.0 Å². The molecule has 0 amide bonds. The maximum absolute atomic E-state index is 12.7. The molecule has 116 valence electrons. The minimum absolute atomic E-state index is 0.0812. The lowest BCUT2D eigenvalue weighted by molar-refractivity contribution is 0.0727. The van der Waals surface area contributed by atoms with E-state index in [1.165, 1.54) is 0 Å². The molecule has 0 saturated carbocycles. The molecule has 0 spiro atoms. The van der Waals surface area contributed by atoms with Gasteiger partial charge >= 0.3 is 0 Å². The lowest BCUT2D eigenvalue weighted by atomic mass is 10.1. The largest absolute Gasteiger partial charge is 0.379 e. The van der Waals surface area contributed by atoms with E-state index in [2.05, 4.69) is 11.9 Å². The molecule has 2 saturated heterocycles. The molecule has 2 bridgehead atoms. The Balaban J connectivity index is 1.79. The van der Waals surface area contributed by atoms with Gasteiger partial charge in [-0.3, -0.25) is 4.90 Å². The summed E-state index contributed by atoms with van der Waals surface area (Å²) in [5.41, 5.74) is 0.844. The van der Waals surface area contributed by atoms with E-state index >= 15 is 0 Å². The monoisotopic (exact) mass is 310 g/mol. The van der Waals surface area contributed by atoms with Crippen LogP contribution in [-0.2, 0) is 20.5 Å². The molecule has 2 aliphatic rings. The second-order valence-electron chi connectivity index (χ2n) is 6.06. The Morgan fingerprint density at radius 1 is 1.14 bits per heavy atom. The average molecular weight is 310 g/mol. The van der Waals surface area contributed by atoms with Gasteiger partial charge in [0.1, 0.15) is 0 Å². The highest BCUT2D eigenvalue weighted by Crippen LogP contribution is 2.22. The van der Waals surface area contributed by atoms with Crippen molar-refractivity contribution >= 4 is 10.0 Å². The van der Waals surface area contributed by atoms with Gasteiger partial charge in [0, 0.05) is 31.6 Å². The van der Waals surface area contributed by atoms with Crippen molar-refractivity contribution in [1.82, 2.24) is 9.21 Å². The quantitative estimate of drug-likeness (QED) is 0.828. The van der Waals surface area contributed by atoms with Gasteiger partial charge < -0.3 is 4.74 Å². The molecule has 2 aliphatic heterocycles. The lowest BCUT2D eigenvalue weighted by Gasteiger charge is -2.29. The van der Waals surface area contributed by atoms with Gasteiger partial charge in [-0.15, -0.1) is 0 Å². The summed E-state index contributed by atoms with van der Waals surface area (Å²) in [5.74, 6) is 0.339. The smallest absolute Gasteiger partial charge is 0.218 e. The number of fused-ring (bicyclic) bond motifs is 3. The Kier molecular flexibility index (Phi) is 4.31. The van der Waals surface area contributed by atoms with Crippen LogP contribution in [-0.4, -0.2) is 63.6 Å². The number of benzene rings is 1. The van der Waals surface area contributed by atoms with Crippen molar-refractivity contribution in [2.45, 2.75) is 11.8 Å². The summed E-state index contributed by atoms with van der Waals surface area (Å²) in [7, 11) is -1.22. The Bertz CT molecular complexity index is 576. The molecule has 2 fully saturated rings. The zero-order valence-corrected chi connectivity index (χ0v) is 13.1. The van der Waals surface area contributed by atoms with Crippen LogP contribution in [0.1, 0.15) is 5.56 Å². The molecule has 2 heterocycles. The van der Waals surface area contributed by atoms with Crippen molar-refractivity contribution in [3.8, 4) is 0 Å². The first-order valence-corrected chi connectivity index (χ1v) is 8.95. The zero-order chi connectivity index (χ0) is 14.9. The van der Waals surface area contributed by atoms with E-state index in [9.17, 15) is 8.42 Å². The summed E-state index contributed by atoms with van der Waals surface area (Å²) in [6.07, 6.45) is 0. The van der Waals surface area contributed by atoms with Crippen LogP contribution in [0.15, 0.2) is 30.3 Å². The third-order valence-electron chi connectivity index (χ3n) is 4.29. The van der Waals surface area contributed by atoms with E-state index < -0.39 is 10.0 Å². The van der Waals surface area contributed by atoms with Gasteiger partial charge in [0.15, 0.2) is 0 Å². The Morgan fingerprint density at radius 3 is 2.67 bits per heavy atom. The van der Waals surface area contributed by atoms with E-state index in [0.29, 0.717) is 26.3 Å². The SMILES string of the molecule is CN1C[C@H]2COC[C@@H]1CN(S(=O)(=O)Cc1ccccc1)C2. The molecule has 2 atom stereocenters. The molecule has 0 aliphatic carbocycles. The molecule has 0 unspecified atom stereocenters. The van der Waals surface area contributed by atoms with Crippen molar-refractivity contribution in [2.24, 2.45) is 5.92 Å². The molecule has 0 radical (unpaired) electrons. The summed E-state index contributed by atoms with van der Waals surface area (Å²) in [4.78, 5) is 2.23. The predicted octanol–water partition coefficient (Wildman–Crippen LogP) is 0.779. The minimum atomic E-state index is -3.27. The molecular formula is C15H22N2O3S. The molecule has 1 aromatic rings. The summed E-state index contributed by atoms with van der Waals surface area (Å²) in [6.45, 7) is 3.27. The van der Waals surface area contributed by atoms with Crippen molar-refractivity contribution in [3.63, 3.8) is 0 Å². The fourth-order valence-corrected chi connectivity index (χ4v) is 4.74. The van der Waals surface area contributed by atoms with Gasteiger partial charge in [0.25, 0.3) is 0 Å². The van der Waals surface area contributed by atoms with Crippen molar-refractivity contribution in [1.29, 1.82) is 0 Å².